The standard InChI is InChI=1S/C18H32O2.C8H4O3.C5H12O4.C4H6O2/c1-2-3-4-5-6-7-8-9-10-11-12-13-14-15-16-17-18(19)20;9-7-5-3-1-2-4-6(5)8(10)11-7;6-1-5(2-7,3-8)4-9;1-2-3-4(5)6/h6-7,9-10H,2-5,8,11-17H2,1H3,(H,19,20);1-4H;6-9H,1-4H2;2-3H,1H3,(H,5,6)/b7-6+,10-9+;;;3-2+. The molecule has 0 unspecified atom stereocenters. The van der Waals surface area contributed by atoms with Crippen molar-refractivity contribution in [2.45, 2.75) is 90.9 Å². The van der Waals surface area contributed by atoms with Gasteiger partial charge in [0.25, 0.3) is 0 Å². The molecular weight excluding hydrogens is 596 g/mol. The zero-order valence-electron chi connectivity index (χ0n) is 27.3. The molecule has 1 aromatic carbocycles. The van der Waals surface area contributed by atoms with Crippen LogP contribution >= 0.6 is 0 Å². The summed E-state index contributed by atoms with van der Waals surface area (Å²) in [5, 5.41) is 50.3. The summed E-state index contributed by atoms with van der Waals surface area (Å²) in [4.78, 5) is 41.5. The molecule has 11 heteroatoms. The predicted molar refractivity (Wildman–Crippen MR) is 176 cm³/mol. The van der Waals surface area contributed by atoms with Gasteiger partial charge < -0.3 is 35.4 Å². The van der Waals surface area contributed by atoms with E-state index < -0.39 is 55.7 Å². The summed E-state index contributed by atoms with van der Waals surface area (Å²) < 4.78 is 4.35. The number of carbonyl (C=O) groups excluding carboxylic acids is 2. The second kappa shape index (κ2) is 30.0. The van der Waals surface area contributed by atoms with Gasteiger partial charge in [-0.1, -0.05) is 81.5 Å². The fourth-order valence-electron chi connectivity index (χ4n) is 3.56. The number of hydrogen-bond donors (Lipinski definition) is 6. The van der Waals surface area contributed by atoms with Crippen LogP contribution in [0.1, 0.15) is 112 Å². The maximum absolute atomic E-state index is 10.8. The van der Waals surface area contributed by atoms with E-state index in [1.165, 1.54) is 51.0 Å². The van der Waals surface area contributed by atoms with Crippen molar-refractivity contribution in [2.75, 3.05) is 26.4 Å². The molecule has 0 spiro atoms. The fraction of sp³-hybridized carbons (Fsp3) is 0.543. The Bertz CT molecular complexity index is 1010. The first-order chi connectivity index (χ1) is 22.1. The number of cyclic esters (lactones) is 2. The summed E-state index contributed by atoms with van der Waals surface area (Å²) in [5.41, 5.74) is -0.394. The number of hydrogen-bond acceptors (Lipinski definition) is 9. The zero-order chi connectivity index (χ0) is 35.1. The van der Waals surface area contributed by atoms with Gasteiger partial charge in [0.2, 0.25) is 0 Å². The highest BCUT2D eigenvalue weighted by molar-refractivity contribution is 6.14. The van der Waals surface area contributed by atoms with Crippen LogP contribution < -0.4 is 0 Å². The average molecular weight is 651 g/mol. The maximum Gasteiger partial charge on any atom is 0.346 e. The van der Waals surface area contributed by atoms with Crippen molar-refractivity contribution in [1.29, 1.82) is 0 Å². The number of carboxylic acid groups (broad SMARTS) is 2. The van der Waals surface area contributed by atoms with Gasteiger partial charge >= 0.3 is 23.9 Å². The second-order valence-electron chi connectivity index (χ2n) is 10.6. The molecule has 0 bridgehead atoms. The van der Waals surface area contributed by atoms with E-state index in [9.17, 15) is 19.2 Å². The van der Waals surface area contributed by atoms with Crippen molar-refractivity contribution >= 4 is 23.9 Å². The molecule has 1 heterocycles. The molecular formula is C35H54O11. The predicted octanol–water partition coefficient (Wildman–Crippen LogP) is 5.47. The molecule has 0 saturated heterocycles. The van der Waals surface area contributed by atoms with Crippen LogP contribution in [0, 0.1) is 5.41 Å². The van der Waals surface area contributed by atoms with E-state index in [0.29, 0.717) is 17.5 Å². The number of fused-ring (bicyclic) bond motifs is 1. The first kappa shape index (κ1) is 44.5. The van der Waals surface area contributed by atoms with Gasteiger partial charge in [0.1, 0.15) is 0 Å². The molecule has 11 nitrogen and oxygen atoms in total. The number of allylic oxidation sites excluding steroid dienone is 5. The third kappa shape index (κ3) is 23.7. The minimum Gasteiger partial charge on any atom is -0.481 e. The largest absolute Gasteiger partial charge is 0.481 e. The van der Waals surface area contributed by atoms with Crippen molar-refractivity contribution in [3.05, 3.63) is 71.8 Å². The van der Waals surface area contributed by atoms with Crippen molar-refractivity contribution in [1.82, 2.24) is 0 Å². The van der Waals surface area contributed by atoms with E-state index in [0.717, 1.165) is 31.8 Å². The monoisotopic (exact) mass is 650 g/mol. The van der Waals surface area contributed by atoms with Crippen LogP contribution in [0.3, 0.4) is 0 Å². The number of aliphatic carboxylic acids is 2. The van der Waals surface area contributed by atoms with Gasteiger partial charge in [0.05, 0.1) is 43.0 Å². The van der Waals surface area contributed by atoms with E-state index >= 15 is 0 Å². The highest BCUT2D eigenvalue weighted by Gasteiger charge is 2.28. The van der Waals surface area contributed by atoms with Crippen LogP contribution in [0.15, 0.2) is 60.7 Å². The number of unbranched alkanes of at least 4 members (excludes halogenated alkanes) is 8. The first-order valence-electron chi connectivity index (χ1n) is 15.7. The van der Waals surface area contributed by atoms with Crippen LogP contribution in [0.25, 0.3) is 0 Å². The Kier molecular flexibility index (Phi) is 29.0. The Morgan fingerprint density at radius 2 is 1.17 bits per heavy atom. The number of carbonyl (C=O) groups is 4. The quantitative estimate of drug-likeness (QED) is 0.0365. The minimum absolute atomic E-state index is 0.324. The van der Waals surface area contributed by atoms with Gasteiger partial charge in [0, 0.05) is 12.5 Å². The van der Waals surface area contributed by atoms with E-state index in [-0.39, 0.29) is 0 Å². The van der Waals surface area contributed by atoms with Crippen LogP contribution in [0.2, 0.25) is 0 Å². The molecule has 0 radical (unpaired) electrons. The summed E-state index contributed by atoms with van der Waals surface area (Å²) in [5.74, 6) is -2.66. The van der Waals surface area contributed by atoms with Crippen molar-refractivity contribution < 1.29 is 54.6 Å². The zero-order valence-corrected chi connectivity index (χ0v) is 27.3. The van der Waals surface area contributed by atoms with Crippen LogP contribution in [-0.2, 0) is 14.3 Å². The van der Waals surface area contributed by atoms with E-state index in [4.69, 9.17) is 30.6 Å². The molecule has 2 rings (SSSR count). The molecule has 1 aromatic rings. The van der Waals surface area contributed by atoms with Crippen LogP contribution in [0.5, 0.6) is 0 Å². The lowest BCUT2D eigenvalue weighted by molar-refractivity contribution is -0.137. The SMILES string of the molecule is C/C=C/C(=O)O.CCCCC/C=C/C/C=C/CCCCCCCC(=O)O.O=C1OC(=O)c2ccccc21.OCC(CO)(CO)CO. The minimum atomic E-state index is -1.11. The Morgan fingerprint density at radius 1 is 0.717 bits per heavy atom. The molecule has 1 aliphatic rings. The van der Waals surface area contributed by atoms with E-state index in [1.807, 2.05) is 0 Å². The number of ether oxygens (including phenoxy) is 1. The van der Waals surface area contributed by atoms with E-state index in [1.54, 1.807) is 31.2 Å². The fourth-order valence-corrected chi connectivity index (χ4v) is 3.56. The number of aliphatic hydroxyl groups is 4. The smallest absolute Gasteiger partial charge is 0.346 e. The van der Waals surface area contributed by atoms with Gasteiger partial charge in [-0.25, -0.2) is 14.4 Å². The Hall–Kier alpha value is -3.64. The first-order valence-corrected chi connectivity index (χ1v) is 15.7. The summed E-state index contributed by atoms with van der Waals surface area (Å²) in [6, 6.07) is 6.53. The molecule has 0 saturated carbocycles. The lowest BCUT2D eigenvalue weighted by atomic mass is 9.93. The van der Waals surface area contributed by atoms with Gasteiger partial charge in [-0.15, -0.1) is 0 Å². The van der Waals surface area contributed by atoms with Gasteiger partial charge in [-0.3, -0.25) is 4.79 Å². The van der Waals surface area contributed by atoms with E-state index in [2.05, 4.69) is 36.0 Å². The molecule has 0 amide bonds. The third-order valence-electron chi connectivity index (χ3n) is 6.54. The normalized spacial score (nSPS) is 12.1. The molecule has 1 aliphatic heterocycles. The van der Waals surface area contributed by atoms with Crippen LogP contribution in [-0.4, -0.2) is 80.9 Å². The Balaban J connectivity index is 0. The number of aliphatic hydroxyl groups excluding tert-OH is 4. The van der Waals surface area contributed by atoms with Gasteiger partial charge in [-0.05, 0) is 57.6 Å². The second-order valence-corrected chi connectivity index (χ2v) is 10.6. The summed E-state index contributed by atoms with van der Waals surface area (Å²) in [6.45, 7) is 2.27. The molecule has 260 valence electrons. The average Bonchev–Trinajstić information content (AvgIpc) is 3.34. The van der Waals surface area contributed by atoms with Gasteiger partial charge in [0.15, 0.2) is 0 Å². The number of esters is 2. The highest BCUT2D eigenvalue weighted by atomic mass is 16.6. The molecule has 0 aromatic heterocycles. The lowest BCUT2D eigenvalue weighted by Crippen LogP contribution is -2.37. The lowest BCUT2D eigenvalue weighted by Gasteiger charge is -2.23. The number of carboxylic acids is 2. The van der Waals surface area contributed by atoms with Crippen molar-refractivity contribution in [2.24, 2.45) is 5.41 Å². The summed E-state index contributed by atoms with van der Waals surface area (Å²) in [6.07, 6.45) is 24.8. The topological polar surface area (TPSA) is 199 Å². The third-order valence-corrected chi connectivity index (χ3v) is 6.54. The summed E-state index contributed by atoms with van der Waals surface area (Å²) >= 11 is 0. The molecule has 0 fully saturated rings. The van der Waals surface area contributed by atoms with Crippen LogP contribution in [0.4, 0.5) is 0 Å². The Labute approximate surface area is 272 Å². The number of benzene rings is 1. The maximum atomic E-state index is 10.8. The summed E-state index contributed by atoms with van der Waals surface area (Å²) in [7, 11) is 0. The number of rotatable bonds is 19. The van der Waals surface area contributed by atoms with Crippen molar-refractivity contribution in [3.63, 3.8) is 0 Å². The molecule has 46 heavy (non-hydrogen) atoms. The highest BCUT2D eigenvalue weighted by Crippen LogP contribution is 2.18. The van der Waals surface area contributed by atoms with Crippen molar-refractivity contribution in [3.8, 4) is 0 Å². The van der Waals surface area contributed by atoms with Gasteiger partial charge in [-0.2, -0.15) is 0 Å². The Morgan fingerprint density at radius 3 is 1.54 bits per heavy atom. The molecule has 0 aliphatic carbocycles. The molecule has 0 atom stereocenters. The molecule has 6 N–H and O–H groups in total.